The monoisotopic (exact) mass is 227 g/mol. The van der Waals surface area contributed by atoms with Gasteiger partial charge in [0.1, 0.15) is 0 Å². The van der Waals surface area contributed by atoms with Crippen molar-refractivity contribution in [2.24, 2.45) is 0 Å². The molecule has 86 valence electrons. The summed E-state index contributed by atoms with van der Waals surface area (Å²) in [5.74, 6) is 0.383. The molecule has 0 aromatic carbocycles. The van der Waals surface area contributed by atoms with E-state index in [0.717, 1.165) is 28.4 Å². The molecule has 15 heavy (non-hydrogen) atoms. The first-order valence-electron chi connectivity index (χ1n) is 5.58. The summed E-state index contributed by atoms with van der Waals surface area (Å²) >= 11 is 1.66. The van der Waals surface area contributed by atoms with Crippen molar-refractivity contribution in [3.8, 4) is 0 Å². The van der Waals surface area contributed by atoms with Crippen LogP contribution in [0, 0.1) is 0 Å². The molecule has 2 nitrogen and oxygen atoms in total. The molecule has 0 aliphatic rings. The van der Waals surface area contributed by atoms with Crippen LogP contribution in [0.1, 0.15) is 62.5 Å². The van der Waals surface area contributed by atoms with Gasteiger partial charge in [0, 0.05) is 0 Å². The summed E-state index contributed by atoms with van der Waals surface area (Å²) in [4.78, 5) is 5.65. The van der Waals surface area contributed by atoms with Gasteiger partial charge >= 0.3 is 0 Å². The minimum Gasteiger partial charge on any atom is -0.385 e. The molecule has 0 unspecified atom stereocenters. The zero-order valence-corrected chi connectivity index (χ0v) is 11.1. The molecule has 1 rings (SSSR count). The van der Waals surface area contributed by atoms with Crippen LogP contribution in [0.25, 0.3) is 0 Å². The Hall–Kier alpha value is -0.410. The highest BCUT2D eigenvalue weighted by Gasteiger charge is 2.25. The third-order valence-corrected chi connectivity index (χ3v) is 3.71. The average molecular weight is 227 g/mol. The van der Waals surface area contributed by atoms with Gasteiger partial charge < -0.3 is 5.11 Å². The third-order valence-electron chi connectivity index (χ3n) is 2.26. The summed E-state index contributed by atoms with van der Waals surface area (Å²) in [6.07, 6.45) is 2.12. The van der Waals surface area contributed by atoms with Crippen molar-refractivity contribution in [1.29, 1.82) is 0 Å². The molecule has 0 aliphatic heterocycles. The van der Waals surface area contributed by atoms with Crippen molar-refractivity contribution in [3.63, 3.8) is 0 Å². The number of nitrogens with zero attached hydrogens (tertiary/aromatic N) is 1. The van der Waals surface area contributed by atoms with Gasteiger partial charge in [-0.15, -0.1) is 11.3 Å². The molecule has 0 fully saturated rings. The summed E-state index contributed by atoms with van der Waals surface area (Å²) in [5.41, 5.74) is 0.305. The van der Waals surface area contributed by atoms with Crippen molar-refractivity contribution in [2.75, 3.05) is 0 Å². The van der Waals surface area contributed by atoms with E-state index in [1.165, 1.54) is 0 Å². The maximum Gasteiger partial charge on any atom is 0.0951 e. The van der Waals surface area contributed by atoms with Crippen molar-refractivity contribution < 1.29 is 5.11 Å². The van der Waals surface area contributed by atoms with Crippen LogP contribution < -0.4 is 0 Å². The van der Waals surface area contributed by atoms with Gasteiger partial charge in [0.25, 0.3) is 0 Å². The van der Waals surface area contributed by atoms with Gasteiger partial charge in [-0.1, -0.05) is 20.8 Å². The molecule has 0 spiro atoms. The third kappa shape index (κ3) is 3.02. The minimum atomic E-state index is -0.761. The standard InChI is InChI=1S/C12H21NOS/c1-6-7-9-13-10(8(2)3)11(15-9)12(4,5)14/h8,14H,6-7H2,1-5H3. The van der Waals surface area contributed by atoms with Crippen LogP contribution in [-0.4, -0.2) is 10.1 Å². The van der Waals surface area contributed by atoms with E-state index in [2.05, 4.69) is 25.8 Å². The molecule has 0 amide bonds. The normalized spacial score (nSPS) is 12.5. The Morgan fingerprint density at radius 1 is 1.40 bits per heavy atom. The fraction of sp³-hybridized carbons (Fsp3) is 0.750. The molecule has 1 aromatic heterocycles. The van der Waals surface area contributed by atoms with Gasteiger partial charge in [-0.3, -0.25) is 0 Å². The largest absolute Gasteiger partial charge is 0.385 e. The Balaban J connectivity index is 3.12. The first-order valence-corrected chi connectivity index (χ1v) is 6.40. The molecule has 0 atom stereocenters. The number of thiazole rings is 1. The van der Waals surface area contributed by atoms with Crippen molar-refractivity contribution in [2.45, 2.75) is 59.0 Å². The van der Waals surface area contributed by atoms with Gasteiger partial charge in [-0.05, 0) is 32.6 Å². The highest BCUT2D eigenvalue weighted by molar-refractivity contribution is 7.11. The Bertz CT molecular complexity index is 323. The van der Waals surface area contributed by atoms with Crippen molar-refractivity contribution in [3.05, 3.63) is 15.6 Å². The van der Waals surface area contributed by atoms with Crippen LogP contribution in [-0.2, 0) is 12.0 Å². The molecule has 0 aliphatic carbocycles. The zero-order chi connectivity index (χ0) is 11.6. The summed E-state index contributed by atoms with van der Waals surface area (Å²) in [6, 6.07) is 0. The van der Waals surface area contributed by atoms with Gasteiger partial charge in [-0.2, -0.15) is 0 Å². The Morgan fingerprint density at radius 2 is 2.00 bits per heavy atom. The number of hydrogen-bond acceptors (Lipinski definition) is 3. The smallest absolute Gasteiger partial charge is 0.0951 e. The molecule has 0 radical (unpaired) electrons. The second-order valence-corrected chi connectivity index (χ2v) is 5.87. The maximum atomic E-state index is 10.1. The molecule has 3 heteroatoms. The quantitative estimate of drug-likeness (QED) is 0.854. The fourth-order valence-corrected chi connectivity index (χ4v) is 2.85. The summed E-state index contributed by atoms with van der Waals surface area (Å²) in [5, 5.41) is 11.2. The van der Waals surface area contributed by atoms with E-state index >= 15 is 0 Å². The Morgan fingerprint density at radius 3 is 2.33 bits per heavy atom. The van der Waals surface area contributed by atoms with Gasteiger partial charge in [-0.25, -0.2) is 4.98 Å². The number of aliphatic hydroxyl groups is 1. The topological polar surface area (TPSA) is 33.1 Å². The SMILES string of the molecule is CCCc1nc(C(C)C)c(C(C)(C)O)s1. The molecule has 0 bridgehead atoms. The number of aromatic nitrogens is 1. The van der Waals surface area contributed by atoms with E-state index in [4.69, 9.17) is 0 Å². The maximum absolute atomic E-state index is 10.1. The second-order valence-electron chi connectivity index (χ2n) is 4.79. The molecule has 1 N–H and O–H groups in total. The Kier molecular flexibility index (Phi) is 3.90. The van der Waals surface area contributed by atoms with Crippen molar-refractivity contribution >= 4 is 11.3 Å². The van der Waals surface area contributed by atoms with E-state index in [-0.39, 0.29) is 0 Å². The lowest BCUT2D eigenvalue weighted by molar-refractivity contribution is 0.0811. The van der Waals surface area contributed by atoms with E-state index in [1.54, 1.807) is 11.3 Å². The molecular weight excluding hydrogens is 206 g/mol. The summed E-state index contributed by atoms with van der Waals surface area (Å²) in [6.45, 7) is 10.1. The van der Waals surface area contributed by atoms with Crippen LogP contribution in [0.3, 0.4) is 0 Å². The number of hydrogen-bond donors (Lipinski definition) is 1. The molecule has 0 saturated carbocycles. The van der Waals surface area contributed by atoms with E-state index in [0.29, 0.717) is 5.92 Å². The predicted molar refractivity (Wildman–Crippen MR) is 65.4 cm³/mol. The van der Waals surface area contributed by atoms with Crippen LogP contribution in [0.5, 0.6) is 0 Å². The highest BCUT2D eigenvalue weighted by atomic mass is 32.1. The Labute approximate surface area is 96.4 Å². The van der Waals surface area contributed by atoms with E-state index in [9.17, 15) is 5.11 Å². The molecule has 1 heterocycles. The molecule has 0 saturated heterocycles. The van der Waals surface area contributed by atoms with Crippen LogP contribution in [0.2, 0.25) is 0 Å². The van der Waals surface area contributed by atoms with Gasteiger partial charge in [0.2, 0.25) is 0 Å². The van der Waals surface area contributed by atoms with Crippen LogP contribution in [0.15, 0.2) is 0 Å². The predicted octanol–water partition coefficient (Wildman–Crippen LogP) is 3.45. The summed E-state index contributed by atoms with van der Waals surface area (Å²) in [7, 11) is 0. The fourth-order valence-electron chi connectivity index (χ4n) is 1.53. The minimum absolute atomic E-state index is 0.383. The molecule has 1 aromatic rings. The van der Waals surface area contributed by atoms with E-state index < -0.39 is 5.60 Å². The summed E-state index contributed by atoms with van der Waals surface area (Å²) < 4.78 is 0. The van der Waals surface area contributed by atoms with Gasteiger partial charge in [0.05, 0.1) is 21.2 Å². The average Bonchev–Trinajstić information content (AvgIpc) is 2.48. The lowest BCUT2D eigenvalue weighted by Crippen LogP contribution is -2.16. The first kappa shape index (κ1) is 12.7. The second kappa shape index (κ2) is 4.62. The highest BCUT2D eigenvalue weighted by Crippen LogP contribution is 2.34. The lowest BCUT2D eigenvalue weighted by Gasteiger charge is -2.17. The number of rotatable bonds is 4. The van der Waals surface area contributed by atoms with Gasteiger partial charge in [0.15, 0.2) is 0 Å². The lowest BCUT2D eigenvalue weighted by atomic mass is 10.0. The van der Waals surface area contributed by atoms with Crippen LogP contribution in [0.4, 0.5) is 0 Å². The van der Waals surface area contributed by atoms with Crippen molar-refractivity contribution in [1.82, 2.24) is 4.98 Å². The molecular formula is C12H21NOS. The first-order chi connectivity index (χ1) is 6.86. The number of aryl methyl sites for hydroxylation is 1. The van der Waals surface area contributed by atoms with E-state index in [1.807, 2.05) is 13.8 Å². The zero-order valence-electron chi connectivity index (χ0n) is 10.3. The van der Waals surface area contributed by atoms with Crippen LogP contribution >= 0.6 is 11.3 Å².